The molecule has 670 valence electrons. The fourth-order valence-corrected chi connectivity index (χ4v) is 13.7. The van der Waals surface area contributed by atoms with Crippen LogP contribution in [0.3, 0.4) is 0 Å². The molecule has 122 heavy (non-hydrogen) atoms. The van der Waals surface area contributed by atoms with Gasteiger partial charge < -0.3 is 54.7 Å². The summed E-state index contributed by atoms with van der Waals surface area (Å²) in [7, 11) is 3.06. The Balaban J connectivity index is 0.000000201. The number of hydrogen-bond donors (Lipinski definition) is 3. The van der Waals surface area contributed by atoms with Gasteiger partial charge in [-0.2, -0.15) is 10.2 Å². The molecule has 0 unspecified atom stereocenters. The number of nitrogen functional groups attached to an aromatic ring is 1. The van der Waals surface area contributed by atoms with Gasteiger partial charge in [-0.1, -0.05) is 40.2 Å². The van der Waals surface area contributed by atoms with E-state index in [0.717, 1.165) is 97.9 Å². The van der Waals surface area contributed by atoms with Crippen LogP contribution in [0.5, 0.6) is 0 Å². The van der Waals surface area contributed by atoms with Gasteiger partial charge >= 0.3 is 18.3 Å². The summed E-state index contributed by atoms with van der Waals surface area (Å²) >= 11 is 2.99. The van der Waals surface area contributed by atoms with Crippen molar-refractivity contribution in [1.29, 1.82) is 0 Å². The molecule has 6 aliphatic heterocycles. The van der Waals surface area contributed by atoms with Crippen molar-refractivity contribution in [2.75, 3.05) is 77.8 Å². The van der Waals surface area contributed by atoms with Crippen LogP contribution < -0.4 is 22.2 Å². The standard InChI is InChI=1S/C19H20F3N3O2.C17H22F3NO2.C17H23F2NO3.C12H14F3N.C11H19NO3.C6H3BrF2.C5H7N3O/c1-24-17(26)5-3-14(23-24)11-18(27)25-8-6-19(22,7-9-25)12-13-2-4-15(20)16(21)10-13;1-16(2,3)23-15(22)21-8-6-17(20,7-9-21)11-12-4-5-13(18)14(19)10-12;1-16(2,3)23-15(21)20-8-6-17(22,7-9-20)11-12-4-5-13(18)14(19)10-12;13-10-2-1-9(7-11(10)14)8-12(15)3-5-16-6-4-12;1-10(2,3)15-9(13)12-6-4-11(5-7-12)8-14-11;7-4-1-2-5(8)6(9)3-4;1-8-5(9)3-2-4(6)7-8/h2-5,10H,6-9,11-12H2,1H3;4-5,10H,6-9,11H2,1-3H3;4-5,10,22H,6-9,11H2,1-3H3;1-2,7,16H,3-6,8H2;4-8H2,1-3H3;1-3H;2-3H,1H3,(H2,6,7). The molecule has 6 aliphatic rings. The monoisotopic (exact) mass is 1790 g/mol. The van der Waals surface area contributed by atoms with Crippen molar-refractivity contribution >= 4 is 45.9 Å². The number of halogens is 14. The summed E-state index contributed by atoms with van der Waals surface area (Å²) in [6, 6.07) is 23.3. The van der Waals surface area contributed by atoms with E-state index < -0.39 is 110 Å². The number of likely N-dealkylation sites (tertiary alicyclic amines) is 4. The lowest BCUT2D eigenvalue weighted by Gasteiger charge is -2.38. The Morgan fingerprint density at radius 1 is 0.434 bits per heavy atom. The SMILES string of the molecule is CC(C)(C)OC(=O)N1CCC(F)(Cc2ccc(F)c(F)c2)CC1.CC(C)(C)OC(=O)N1CCC(O)(Cc2ccc(F)c(F)c2)CC1.CC(C)(C)OC(=O)N1CCC2(CC1)CO2.Cn1nc(CC(=O)N2CCC(F)(Cc3ccc(F)c(F)c3)CC2)ccc1=O.Cn1nc(N)ccc1=O.Fc1ccc(Br)cc1F.Fc1ccc(CC2(F)CCNCC2)cc1F. The molecule has 0 bridgehead atoms. The van der Waals surface area contributed by atoms with Crippen molar-refractivity contribution in [3.8, 4) is 0 Å². The number of benzene rings is 5. The second-order valence-electron chi connectivity index (χ2n) is 34.1. The highest BCUT2D eigenvalue weighted by molar-refractivity contribution is 9.10. The molecule has 13 rings (SSSR count). The van der Waals surface area contributed by atoms with Gasteiger partial charge in [0.1, 0.15) is 39.6 Å². The van der Waals surface area contributed by atoms with Crippen LogP contribution in [0.25, 0.3) is 0 Å². The van der Waals surface area contributed by atoms with Gasteiger partial charge in [0, 0.05) is 109 Å². The molecular weight excluding hydrogens is 1690 g/mol. The molecule has 8 heterocycles. The summed E-state index contributed by atoms with van der Waals surface area (Å²) in [6.45, 7) is 21.8. The quantitative estimate of drug-likeness (QED) is 0.0498. The molecule has 1 spiro atoms. The molecule has 0 aliphatic carbocycles. The van der Waals surface area contributed by atoms with Crippen molar-refractivity contribution < 1.29 is 100 Å². The molecular formula is C87H108BrF13N10O11. The van der Waals surface area contributed by atoms with Gasteiger partial charge in [0.15, 0.2) is 58.2 Å². The normalized spacial score (nSPS) is 17.3. The minimum Gasteiger partial charge on any atom is -0.444 e. The number of epoxide rings is 1. The van der Waals surface area contributed by atoms with Crippen LogP contribution in [0, 0.1) is 58.2 Å². The predicted octanol–water partition coefficient (Wildman–Crippen LogP) is 16.2. The first-order chi connectivity index (χ1) is 56.8. The minimum absolute atomic E-state index is 0.00631. The summed E-state index contributed by atoms with van der Waals surface area (Å²) < 4.78 is 197. The van der Waals surface area contributed by atoms with Crippen LogP contribution in [-0.4, -0.2) is 186 Å². The van der Waals surface area contributed by atoms with Crippen LogP contribution in [0.1, 0.15) is 154 Å². The number of anilines is 1. The summed E-state index contributed by atoms with van der Waals surface area (Å²) in [6.07, 6.45) is 3.38. The zero-order chi connectivity index (χ0) is 90.5. The van der Waals surface area contributed by atoms with E-state index in [1.54, 1.807) is 63.3 Å². The van der Waals surface area contributed by atoms with E-state index in [2.05, 4.69) is 31.4 Å². The van der Waals surface area contributed by atoms with Crippen LogP contribution in [0.15, 0.2) is 129 Å². The number of ether oxygens (including phenoxy) is 4. The molecule has 6 fully saturated rings. The first kappa shape index (κ1) is 99.5. The number of alkyl halides is 3. The second-order valence-corrected chi connectivity index (χ2v) is 35.0. The Kier molecular flexibility index (Phi) is 35.2. The van der Waals surface area contributed by atoms with Gasteiger partial charge in [0.25, 0.3) is 11.1 Å². The number of aromatic nitrogens is 4. The predicted molar refractivity (Wildman–Crippen MR) is 436 cm³/mol. The van der Waals surface area contributed by atoms with E-state index in [4.69, 9.17) is 24.7 Å². The van der Waals surface area contributed by atoms with E-state index in [1.165, 1.54) is 71.2 Å². The molecule has 21 nitrogen and oxygen atoms in total. The van der Waals surface area contributed by atoms with E-state index in [1.807, 2.05) is 20.8 Å². The van der Waals surface area contributed by atoms with Crippen molar-refractivity contribution in [3.05, 3.63) is 227 Å². The molecule has 4 amide bonds. The van der Waals surface area contributed by atoms with Crippen LogP contribution in [-0.2, 0) is 69.9 Å². The molecule has 4 N–H and O–H groups in total. The first-order valence-corrected chi connectivity index (χ1v) is 40.6. The Morgan fingerprint density at radius 2 is 0.746 bits per heavy atom. The van der Waals surface area contributed by atoms with E-state index in [0.29, 0.717) is 90.1 Å². The first-order valence-electron chi connectivity index (χ1n) is 39.9. The summed E-state index contributed by atoms with van der Waals surface area (Å²) in [5.74, 6) is -8.96. The maximum atomic E-state index is 15.0. The lowest BCUT2D eigenvalue weighted by atomic mass is 9.85. The molecule has 0 radical (unpaired) electrons. The van der Waals surface area contributed by atoms with Gasteiger partial charge in [-0.25, -0.2) is 80.8 Å². The zero-order valence-electron chi connectivity index (χ0n) is 70.3. The van der Waals surface area contributed by atoms with E-state index in [9.17, 15) is 86.6 Å². The highest BCUT2D eigenvalue weighted by Gasteiger charge is 2.48. The fourth-order valence-electron chi connectivity index (χ4n) is 13.4. The summed E-state index contributed by atoms with van der Waals surface area (Å²) in [5.41, 5.74) is 0.366. The van der Waals surface area contributed by atoms with Gasteiger partial charge in [0.05, 0.1) is 29.9 Å². The van der Waals surface area contributed by atoms with Gasteiger partial charge in [-0.05, 0) is 241 Å². The van der Waals surface area contributed by atoms with E-state index in [-0.39, 0.29) is 113 Å². The van der Waals surface area contributed by atoms with Gasteiger partial charge in [-0.15, -0.1) is 0 Å². The van der Waals surface area contributed by atoms with Gasteiger partial charge in [0.2, 0.25) is 5.91 Å². The maximum Gasteiger partial charge on any atom is 0.410 e. The molecule has 35 heteroatoms. The summed E-state index contributed by atoms with van der Waals surface area (Å²) in [5, 5.41) is 21.4. The number of nitrogens with one attached hydrogen (secondary N) is 1. The lowest BCUT2D eigenvalue weighted by molar-refractivity contribution is -0.133. The number of aryl methyl sites for hydroxylation is 2. The Bertz CT molecular complexity index is 4690. The number of nitrogens with zero attached hydrogens (tertiary/aromatic N) is 8. The number of carbonyl (C=O) groups is 4. The third kappa shape index (κ3) is 33.2. The molecule has 0 atom stereocenters. The van der Waals surface area contributed by atoms with Crippen LogP contribution in [0.2, 0.25) is 0 Å². The fraction of sp³-hybridized carbons (Fsp3) is 0.517. The van der Waals surface area contributed by atoms with E-state index >= 15 is 4.39 Å². The smallest absolute Gasteiger partial charge is 0.410 e. The number of hydrogen-bond acceptors (Lipinski definition) is 15. The topological polar surface area (TPSA) is 250 Å². The third-order valence-corrected chi connectivity index (χ3v) is 20.8. The zero-order valence-corrected chi connectivity index (χ0v) is 71.9. The number of carbonyl (C=O) groups excluding carboxylic acids is 4. The van der Waals surface area contributed by atoms with Crippen LogP contribution >= 0.6 is 15.9 Å². The van der Waals surface area contributed by atoms with Crippen molar-refractivity contribution in [2.45, 2.75) is 204 Å². The Morgan fingerprint density at radius 3 is 1.07 bits per heavy atom. The van der Waals surface area contributed by atoms with Crippen molar-refractivity contribution in [1.82, 2.24) is 44.5 Å². The lowest BCUT2D eigenvalue weighted by Crippen LogP contribution is -2.49. The molecule has 2 aromatic heterocycles. The number of rotatable bonds is 10. The van der Waals surface area contributed by atoms with Gasteiger partial charge in [-0.3, -0.25) is 14.4 Å². The highest BCUT2D eigenvalue weighted by Crippen LogP contribution is 2.39. The Labute approximate surface area is 709 Å². The molecule has 0 saturated carbocycles. The number of nitrogens with two attached hydrogens (primary N) is 1. The number of amides is 4. The molecule has 5 aromatic carbocycles. The minimum atomic E-state index is -1.56. The second kappa shape index (κ2) is 43.1. The number of piperidine rings is 5. The summed E-state index contributed by atoms with van der Waals surface area (Å²) in [4.78, 5) is 76.4. The largest absolute Gasteiger partial charge is 0.444 e. The Hall–Kier alpha value is -9.61. The third-order valence-electron chi connectivity index (χ3n) is 20.3. The maximum absolute atomic E-state index is 15.0. The van der Waals surface area contributed by atoms with Crippen molar-refractivity contribution in [3.63, 3.8) is 0 Å². The average molecular weight is 1800 g/mol. The average Bonchev–Trinajstić information content (AvgIpc) is 1.52. The van der Waals surface area contributed by atoms with Crippen molar-refractivity contribution in [2.24, 2.45) is 14.1 Å². The number of aliphatic hydroxyl groups is 1. The molecule has 7 aromatic rings. The molecule has 6 saturated heterocycles. The highest BCUT2D eigenvalue weighted by atomic mass is 79.9. The van der Waals surface area contributed by atoms with Crippen LogP contribution in [0.4, 0.5) is 77.3 Å².